The highest BCUT2D eigenvalue weighted by atomic mass is 16.2. The maximum atomic E-state index is 12.4. The fraction of sp³-hybridized carbons (Fsp3) is 0.571. The normalized spacial score (nSPS) is 24.6. The lowest BCUT2D eigenvalue weighted by molar-refractivity contribution is -0.130. The molecule has 0 saturated carbocycles. The van der Waals surface area contributed by atoms with Gasteiger partial charge in [-0.3, -0.25) is 9.69 Å². The van der Waals surface area contributed by atoms with Crippen LogP contribution in [0.1, 0.15) is 31.1 Å². The molecule has 102 valence electrons. The molecule has 5 nitrogen and oxygen atoms in total. The van der Waals surface area contributed by atoms with E-state index in [-0.39, 0.29) is 11.9 Å². The molecule has 0 bridgehead atoms. The highest BCUT2D eigenvalue weighted by Crippen LogP contribution is 2.25. The predicted molar refractivity (Wildman–Crippen MR) is 72.5 cm³/mol. The summed E-state index contributed by atoms with van der Waals surface area (Å²) in [5, 5.41) is 0. The van der Waals surface area contributed by atoms with Crippen LogP contribution in [0.3, 0.4) is 0 Å². The van der Waals surface area contributed by atoms with Crippen molar-refractivity contribution in [2.45, 2.75) is 25.3 Å². The van der Waals surface area contributed by atoms with Gasteiger partial charge in [0.05, 0.1) is 6.04 Å². The summed E-state index contributed by atoms with van der Waals surface area (Å²) in [6.07, 6.45) is 8.82. The van der Waals surface area contributed by atoms with E-state index in [1.807, 2.05) is 11.1 Å². The van der Waals surface area contributed by atoms with Gasteiger partial charge in [0.25, 0.3) is 0 Å². The highest BCUT2D eigenvalue weighted by Gasteiger charge is 2.31. The number of carbonyl (C=O) groups is 1. The minimum atomic E-state index is 0.176. The molecular weight excluding hydrogens is 240 g/mol. The number of hydrogen-bond acceptors (Lipinski definition) is 3. The summed E-state index contributed by atoms with van der Waals surface area (Å²) in [6.45, 7) is 2.43. The van der Waals surface area contributed by atoms with Crippen LogP contribution in [0.4, 0.5) is 0 Å². The van der Waals surface area contributed by atoms with Crippen LogP contribution in [0.2, 0.25) is 0 Å². The summed E-state index contributed by atoms with van der Waals surface area (Å²) < 4.78 is 0. The summed E-state index contributed by atoms with van der Waals surface area (Å²) in [4.78, 5) is 24.2. The second-order valence-corrected chi connectivity index (χ2v) is 5.34. The number of aromatic amines is 1. The molecule has 0 unspecified atom stereocenters. The summed E-state index contributed by atoms with van der Waals surface area (Å²) >= 11 is 0. The molecule has 1 N–H and O–H groups in total. The third-order valence-corrected chi connectivity index (χ3v) is 4.09. The van der Waals surface area contributed by atoms with Crippen molar-refractivity contribution < 1.29 is 4.79 Å². The molecular formula is C14H20N4O. The Morgan fingerprint density at radius 2 is 2.37 bits per heavy atom. The van der Waals surface area contributed by atoms with Gasteiger partial charge >= 0.3 is 0 Å². The molecule has 3 rings (SSSR count). The van der Waals surface area contributed by atoms with Crippen LogP contribution in [-0.2, 0) is 4.79 Å². The zero-order valence-electron chi connectivity index (χ0n) is 11.3. The molecule has 5 heteroatoms. The number of imidazole rings is 1. The Balaban J connectivity index is 1.73. The number of amides is 1. The number of hydrogen-bond donors (Lipinski definition) is 1. The smallest absolute Gasteiger partial charge is 0.249 e. The quantitative estimate of drug-likeness (QED) is 0.873. The van der Waals surface area contributed by atoms with E-state index in [1.165, 1.54) is 0 Å². The molecule has 1 atom stereocenters. The average Bonchev–Trinajstić information content (AvgIpc) is 3.12. The average molecular weight is 260 g/mol. The predicted octanol–water partition coefficient (Wildman–Crippen LogP) is 1.34. The number of H-pyrrole nitrogens is 1. The minimum absolute atomic E-state index is 0.176. The number of piperazine rings is 1. The Morgan fingerprint density at radius 1 is 1.47 bits per heavy atom. The lowest BCUT2D eigenvalue weighted by Gasteiger charge is -2.38. The van der Waals surface area contributed by atoms with Crippen molar-refractivity contribution in [1.82, 2.24) is 19.8 Å². The zero-order chi connectivity index (χ0) is 13.2. The van der Waals surface area contributed by atoms with Gasteiger partial charge in [0.1, 0.15) is 5.82 Å². The number of carbonyl (C=O) groups excluding carboxylic acids is 1. The van der Waals surface area contributed by atoms with Crippen molar-refractivity contribution in [3.8, 4) is 0 Å². The Hall–Kier alpha value is -1.62. The van der Waals surface area contributed by atoms with Crippen molar-refractivity contribution >= 4 is 5.91 Å². The molecule has 2 heterocycles. The number of rotatable bonds is 2. The Morgan fingerprint density at radius 3 is 3.05 bits per heavy atom. The van der Waals surface area contributed by atoms with E-state index < -0.39 is 0 Å². The molecule has 1 aliphatic heterocycles. The van der Waals surface area contributed by atoms with Crippen LogP contribution < -0.4 is 0 Å². The van der Waals surface area contributed by atoms with E-state index in [4.69, 9.17) is 0 Å². The first-order valence-corrected chi connectivity index (χ1v) is 6.93. The first-order chi connectivity index (χ1) is 9.25. The van der Waals surface area contributed by atoms with E-state index in [2.05, 4.69) is 28.0 Å². The van der Waals surface area contributed by atoms with Gasteiger partial charge in [-0.05, 0) is 26.3 Å². The van der Waals surface area contributed by atoms with E-state index in [0.717, 1.165) is 50.3 Å². The van der Waals surface area contributed by atoms with Gasteiger partial charge in [-0.1, -0.05) is 6.08 Å². The molecule has 1 aliphatic carbocycles. The molecule has 1 amide bonds. The van der Waals surface area contributed by atoms with Crippen molar-refractivity contribution in [3.05, 3.63) is 29.9 Å². The van der Waals surface area contributed by atoms with Crippen LogP contribution in [0.15, 0.2) is 24.0 Å². The lowest BCUT2D eigenvalue weighted by atomic mass is 10.1. The SMILES string of the molecule is CN1CCN(C(=O)C2=CCCC2)C[C@@H]1c1ncc[nH]1. The molecule has 1 aromatic rings. The fourth-order valence-electron chi connectivity index (χ4n) is 2.88. The molecule has 0 radical (unpaired) electrons. The van der Waals surface area contributed by atoms with Crippen LogP contribution >= 0.6 is 0 Å². The first kappa shape index (κ1) is 12.4. The number of allylic oxidation sites excluding steroid dienone is 1. The number of aromatic nitrogens is 2. The molecule has 1 aromatic heterocycles. The summed E-state index contributed by atoms with van der Waals surface area (Å²) in [5.41, 5.74) is 1.00. The number of nitrogens with one attached hydrogen (secondary N) is 1. The van der Waals surface area contributed by atoms with Crippen molar-refractivity contribution in [1.29, 1.82) is 0 Å². The minimum Gasteiger partial charge on any atom is -0.347 e. The number of likely N-dealkylation sites (N-methyl/N-ethyl adjacent to an activating group) is 1. The van der Waals surface area contributed by atoms with E-state index in [1.54, 1.807) is 6.20 Å². The van der Waals surface area contributed by atoms with E-state index in [9.17, 15) is 4.79 Å². The molecule has 1 fully saturated rings. The maximum absolute atomic E-state index is 12.4. The first-order valence-electron chi connectivity index (χ1n) is 6.93. The van der Waals surface area contributed by atoms with Gasteiger partial charge in [0.2, 0.25) is 5.91 Å². The van der Waals surface area contributed by atoms with Crippen LogP contribution in [0.5, 0.6) is 0 Å². The molecule has 0 aromatic carbocycles. The standard InChI is InChI=1S/C14H20N4O/c1-17-8-9-18(14(19)11-4-2-3-5-11)10-12(17)13-15-6-7-16-13/h4,6-7,12H,2-3,5,8-10H2,1H3,(H,15,16)/t12-/m1/s1. The van der Waals surface area contributed by atoms with Crippen LogP contribution in [-0.4, -0.2) is 52.4 Å². The van der Waals surface area contributed by atoms with Gasteiger partial charge in [0, 0.05) is 37.6 Å². The second kappa shape index (κ2) is 5.17. The lowest BCUT2D eigenvalue weighted by Crippen LogP contribution is -2.49. The third-order valence-electron chi connectivity index (χ3n) is 4.09. The van der Waals surface area contributed by atoms with Gasteiger partial charge in [-0.2, -0.15) is 0 Å². The Labute approximate surface area is 113 Å². The van der Waals surface area contributed by atoms with Crippen LogP contribution in [0, 0.1) is 0 Å². The van der Waals surface area contributed by atoms with Gasteiger partial charge in [-0.25, -0.2) is 4.98 Å². The van der Waals surface area contributed by atoms with Crippen molar-refractivity contribution in [2.75, 3.05) is 26.7 Å². The highest BCUT2D eigenvalue weighted by molar-refractivity contribution is 5.93. The molecule has 2 aliphatic rings. The van der Waals surface area contributed by atoms with Crippen LogP contribution in [0.25, 0.3) is 0 Å². The topological polar surface area (TPSA) is 52.2 Å². The summed E-state index contributed by atoms with van der Waals surface area (Å²) in [6, 6.07) is 0.176. The number of nitrogens with zero attached hydrogens (tertiary/aromatic N) is 3. The van der Waals surface area contributed by atoms with E-state index >= 15 is 0 Å². The van der Waals surface area contributed by atoms with Gasteiger partial charge < -0.3 is 9.88 Å². The third kappa shape index (κ3) is 2.42. The maximum Gasteiger partial charge on any atom is 0.249 e. The van der Waals surface area contributed by atoms with Crippen molar-refractivity contribution in [2.24, 2.45) is 0 Å². The zero-order valence-corrected chi connectivity index (χ0v) is 11.3. The fourth-order valence-corrected chi connectivity index (χ4v) is 2.88. The van der Waals surface area contributed by atoms with Gasteiger partial charge in [0.15, 0.2) is 0 Å². The Kier molecular flexibility index (Phi) is 3.38. The van der Waals surface area contributed by atoms with Gasteiger partial charge in [-0.15, -0.1) is 0 Å². The molecule has 1 saturated heterocycles. The Bertz CT molecular complexity index is 480. The second-order valence-electron chi connectivity index (χ2n) is 5.34. The molecule has 19 heavy (non-hydrogen) atoms. The van der Waals surface area contributed by atoms with E-state index in [0.29, 0.717) is 0 Å². The monoisotopic (exact) mass is 260 g/mol. The summed E-state index contributed by atoms with van der Waals surface area (Å²) in [7, 11) is 2.09. The van der Waals surface area contributed by atoms with Crippen molar-refractivity contribution in [3.63, 3.8) is 0 Å². The summed E-state index contributed by atoms with van der Waals surface area (Å²) in [5.74, 6) is 1.17. The largest absolute Gasteiger partial charge is 0.347 e. The molecule has 0 spiro atoms.